The van der Waals surface area contributed by atoms with Gasteiger partial charge in [-0.05, 0) is 19.3 Å². The molecule has 104 valence electrons. The van der Waals surface area contributed by atoms with E-state index >= 15 is 0 Å². The normalized spacial score (nSPS) is 22.6. The summed E-state index contributed by atoms with van der Waals surface area (Å²) in [5, 5.41) is 11.7. The van der Waals surface area contributed by atoms with Gasteiger partial charge < -0.3 is 15.3 Å². The van der Waals surface area contributed by atoms with Crippen LogP contribution in [0.5, 0.6) is 0 Å². The number of urea groups is 1. The Balaban J connectivity index is 2.37. The van der Waals surface area contributed by atoms with Gasteiger partial charge in [-0.1, -0.05) is 6.92 Å². The minimum atomic E-state index is -0.953. The molecule has 1 heterocycles. The van der Waals surface area contributed by atoms with Gasteiger partial charge in [-0.2, -0.15) is 0 Å². The number of likely N-dealkylation sites (tertiary alicyclic amines) is 1. The molecular formula is C11H20N2O4S. The molecule has 0 aromatic rings. The SMILES string of the molecule is CC(CCNC(=O)N1CCC[C@H]1C(=O)O)S(C)=O. The van der Waals surface area contributed by atoms with Crippen molar-refractivity contribution in [2.24, 2.45) is 0 Å². The van der Waals surface area contributed by atoms with Crippen LogP contribution in [0.25, 0.3) is 0 Å². The fourth-order valence-corrected chi connectivity index (χ4v) is 2.37. The van der Waals surface area contributed by atoms with Crippen LogP contribution in [0, 0.1) is 0 Å². The molecule has 2 N–H and O–H groups in total. The molecule has 2 unspecified atom stereocenters. The summed E-state index contributed by atoms with van der Waals surface area (Å²) in [5.41, 5.74) is 0. The van der Waals surface area contributed by atoms with Gasteiger partial charge in [0, 0.05) is 35.4 Å². The highest BCUT2D eigenvalue weighted by Gasteiger charge is 2.33. The summed E-state index contributed by atoms with van der Waals surface area (Å²) in [4.78, 5) is 24.1. The second-order valence-electron chi connectivity index (χ2n) is 4.52. The number of aliphatic carboxylic acids is 1. The van der Waals surface area contributed by atoms with Crippen LogP contribution in [0.15, 0.2) is 0 Å². The Labute approximate surface area is 109 Å². The predicted molar refractivity (Wildman–Crippen MR) is 68.9 cm³/mol. The Morgan fingerprint density at radius 3 is 2.78 bits per heavy atom. The van der Waals surface area contributed by atoms with Crippen molar-refractivity contribution in [3.05, 3.63) is 0 Å². The molecule has 18 heavy (non-hydrogen) atoms. The lowest BCUT2D eigenvalue weighted by Gasteiger charge is -2.22. The maximum Gasteiger partial charge on any atom is 0.326 e. The Hall–Kier alpha value is -1.11. The van der Waals surface area contributed by atoms with Crippen LogP contribution in [0.4, 0.5) is 4.79 Å². The average molecular weight is 276 g/mol. The van der Waals surface area contributed by atoms with E-state index in [9.17, 15) is 13.8 Å². The first-order valence-electron chi connectivity index (χ1n) is 6.03. The summed E-state index contributed by atoms with van der Waals surface area (Å²) in [6.07, 6.45) is 3.49. The summed E-state index contributed by atoms with van der Waals surface area (Å²) in [6, 6.07) is -1.04. The number of carboxylic acid groups (broad SMARTS) is 1. The van der Waals surface area contributed by atoms with E-state index in [1.165, 1.54) is 4.90 Å². The number of carbonyl (C=O) groups is 2. The van der Waals surface area contributed by atoms with E-state index in [-0.39, 0.29) is 11.3 Å². The molecule has 1 fully saturated rings. The molecule has 1 aliphatic heterocycles. The molecule has 0 aromatic carbocycles. The first-order chi connectivity index (χ1) is 8.43. The van der Waals surface area contributed by atoms with E-state index < -0.39 is 22.8 Å². The van der Waals surface area contributed by atoms with Gasteiger partial charge in [-0.25, -0.2) is 9.59 Å². The van der Waals surface area contributed by atoms with E-state index in [1.807, 2.05) is 6.92 Å². The highest BCUT2D eigenvalue weighted by Crippen LogP contribution is 2.17. The molecule has 0 aliphatic carbocycles. The Morgan fingerprint density at radius 2 is 2.22 bits per heavy atom. The number of carboxylic acids is 1. The van der Waals surface area contributed by atoms with E-state index in [2.05, 4.69) is 5.32 Å². The van der Waals surface area contributed by atoms with Gasteiger partial charge in [0.05, 0.1) is 0 Å². The lowest BCUT2D eigenvalue weighted by atomic mass is 10.2. The number of rotatable bonds is 5. The minimum Gasteiger partial charge on any atom is -0.480 e. The number of nitrogens with zero attached hydrogens (tertiary/aromatic N) is 1. The number of amides is 2. The molecule has 2 amide bonds. The van der Waals surface area contributed by atoms with E-state index in [0.717, 1.165) is 6.42 Å². The zero-order valence-corrected chi connectivity index (χ0v) is 11.5. The molecule has 6 nitrogen and oxygen atoms in total. The molecule has 1 saturated heterocycles. The summed E-state index contributed by atoms with van der Waals surface area (Å²) in [7, 11) is -0.900. The van der Waals surface area contributed by atoms with Crippen LogP contribution < -0.4 is 5.32 Å². The summed E-state index contributed by atoms with van der Waals surface area (Å²) in [5.74, 6) is -0.953. The predicted octanol–water partition coefficient (Wildman–Crippen LogP) is 0.402. The maximum atomic E-state index is 11.8. The molecule has 3 atom stereocenters. The Bertz CT molecular complexity index is 348. The van der Waals surface area contributed by atoms with Gasteiger partial charge in [-0.15, -0.1) is 0 Å². The van der Waals surface area contributed by atoms with E-state index in [0.29, 0.717) is 25.9 Å². The van der Waals surface area contributed by atoms with Gasteiger partial charge in [-0.3, -0.25) is 4.21 Å². The van der Waals surface area contributed by atoms with Crippen LogP contribution in [-0.2, 0) is 15.6 Å². The topological polar surface area (TPSA) is 86.7 Å². The van der Waals surface area contributed by atoms with Crippen LogP contribution in [0.3, 0.4) is 0 Å². The van der Waals surface area contributed by atoms with Gasteiger partial charge in [0.1, 0.15) is 6.04 Å². The van der Waals surface area contributed by atoms with Gasteiger partial charge >= 0.3 is 12.0 Å². The standard InChI is InChI=1S/C11H20N2O4S/c1-8(18(2)17)5-6-12-11(16)13-7-3-4-9(13)10(14)15/h8-9H,3-7H2,1-2H3,(H,12,16)(H,14,15)/t8?,9-,18?/m0/s1. The first kappa shape index (κ1) is 14.9. The summed E-state index contributed by atoms with van der Waals surface area (Å²) < 4.78 is 11.1. The van der Waals surface area contributed by atoms with Crippen LogP contribution in [0.2, 0.25) is 0 Å². The third kappa shape index (κ3) is 3.97. The molecule has 1 aliphatic rings. The molecule has 0 radical (unpaired) electrons. The molecular weight excluding hydrogens is 256 g/mol. The zero-order chi connectivity index (χ0) is 13.7. The Kier molecular flexibility index (Phi) is 5.58. The first-order valence-corrected chi connectivity index (χ1v) is 7.65. The zero-order valence-electron chi connectivity index (χ0n) is 10.7. The quantitative estimate of drug-likeness (QED) is 0.761. The van der Waals surface area contributed by atoms with Crippen molar-refractivity contribution >= 4 is 22.8 Å². The maximum absolute atomic E-state index is 11.8. The summed E-state index contributed by atoms with van der Waals surface area (Å²) in [6.45, 7) is 2.76. The van der Waals surface area contributed by atoms with Crippen LogP contribution in [-0.4, -0.2) is 56.9 Å². The fourth-order valence-electron chi connectivity index (χ4n) is 1.92. The smallest absolute Gasteiger partial charge is 0.326 e. The number of carbonyl (C=O) groups excluding carboxylic acids is 1. The second-order valence-corrected chi connectivity index (χ2v) is 6.32. The average Bonchev–Trinajstić information content (AvgIpc) is 2.77. The lowest BCUT2D eigenvalue weighted by molar-refractivity contribution is -0.141. The minimum absolute atomic E-state index is 0.0270. The Morgan fingerprint density at radius 1 is 1.56 bits per heavy atom. The molecule has 0 aromatic heterocycles. The fraction of sp³-hybridized carbons (Fsp3) is 0.818. The van der Waals surface area contributed by atoms with Crippen molar-refractivity contribution in [3.63, 3.8) is 0 Å². The van der Waals surface area contributed by atoms with Gasteiger partial charge in [0.15, 0.2) is 0 Å². The number of nitrogens with one attached hydrogen (secondary N) is 1. The molecule has 7 heteroatoms. The monoisotopic (exact) mass is 276 g/mol. The summed E-state index contributed by atoms with van der Waals surface area (Å²) >= 11 is 0. The van der Waals surface area contributed by atoms with Gasteiger partial charge in [0.25, 0.3) is 0 Å². The third-order valence-electron chi connectivity index (χ3n) is 3.19. The van der Waals surface area contributed by atoms with Crippen molar-refractivity contribution in [1.29, 1.82) is 0 Å². The van der Waals surface area contributed by atoms with Crippen molar-refractivity contribution in [3.8, 4) is 0 Å². The third-order valence-corrected chi connectivity index (χ3v) is 4.56. The van der Waals surface area contributed by atoms with Crippen LogP contribution in [0.1, 0.15) is 26.2 Å². The van der Waals surface area contributed by atoms with Crippen LogP contribution >= 0.6 is 0 Å². The van der Waals surface area contributed by atoms with Gasteiger partial charge in [0.2, 0.25) is 0 Å². The number of hydrogen-bond donors (Lipinski definition) is 2. The molecule has 0 saturated carbocycles. The van der Waals surface area contributed by atoms with E-state index in [1.54, 1.807) is 6.26 Å². The number of hydrogen-bond acceptors (Lipinski definition) is 3. The van der Waals surface area contributed by atoms with E-state index in [4.69, 9.17) is 5.11 Å². The molecule has 1 rings (SSSR count). The van der Waals surface area contributed by atoms with Crippen molar-refractivity contribution in [1.82, 2.24) is 10.2 Å². The second kappa shape index (κ2) is 6.72. The largest absolute Gasteiger partial charge is 0.480 e. The van der Waals surface area contributed by atoms with Crippen molar-refractivity contribution in [2.45, 2.75) is 37.5 Å². The molecule has 0 bridgehead atoms. The molecule has 0 spiro atoms. The highest BCUT2D eigenvalue weighted by atomic mass is 32.2. The lowest BCUT2D eigenvalue weighted by Crippen LogP contribution is -2.46. The van der Waals surface area contributed by atoms with Crippen molar-refractivity contribution in [2.75, 3.05) is 19.3 Å². The highest BCUT2D eigenvalue weighted by molar-refractivity contribution is 7.84. The van der Waals surface area contributed by atoms with Crippen molar-refractivity contribution < 1.29 is 18.9 Å².